The Hall–Kier alpha value is -5.24. The average molecular weight is 593 g/mol. The van der Waals surface area contributed by atoms with Gasteiger partial charge in [-0.3, -0.25) is 15.1 Å². The first-order valence-corrected chi connectivity index (χ1v) is 14.4. The first-order chi connectivity index (χ1) is 20.9. The zero-order chi connectivity index (χ0) is 31.2. The van der Waals surface area contributed by atoms with Crippen LogP contribution in [0.5, 0.6) is 11.5 Å². The van der Waals surface area contributed by atoms with Crippen LogP contribution >= 0.6 is 0 Å². The van der Waals surface area contributed by atoms with Gasteiger partial charge in [-0.25, -0.2) is 14.8 Å². The minimum atomic E-state index is -0.546. The number of nitro benzene ring substituents is 1. The van der Waals surface area contributed by atoms with Crippen LogP contribution in [0.2, 0.25) is 0 Å². The molecule has 2 fully saturated rings. The second-order valence-corrected chi connectivity index (χ2v) is 12.2. The van der Waals surface area contributed by atoms with Crippen molar-refractivity contribution >= 4 is 34.2 Å². The van der Waals surface area contributed by atoms with Crippen LogP contribution in [0.3, 0.4) is 0 Å². The van der Waals surface area contributed by atoms with Gasteiger partial charge in [-0.05, 0) is 88.4 Å². The zero-order valence-electron chi connectivity index (χ0n) is 25.1. The molecular weight excluding hydrogens is 560 g/mol. The summed E-state index contributed by atoms with van der Waals surface area (Å²) in [6.07, 6.45) is 2.78. The zero-order valence-corrected chi connectivity index (χ0v) is 25.1. The van der Waals surface area contributed by atoms with Crippen molar-refractivity contribution in [3.63, 3.8) is 0 Å². The topological polar surface area (TPSA) is 133 Å². The molecule has 0 bridgehead atoms. The summed E-state index contributed by atoms with van der Waals surface area (Å²) in [5, 5.41) is 15.8. The van der Waals surface area contributed by atoms with E-state index in [1.807, 2.05) is 65.0 Å². The van der Waals surface area contributed by atoms with Gasteiger partial charge in [-0.2, -0.15) is 0 Å². The van der Waals surface area contributed by atoms with E-state index in [1.165, 1.54) is 12.4 Å². The van der Waals surface area contributed by atoms with E-state index in [2.05, 4.69) is 32.1 Å². The number of carbonyl (C=O) groups is 1. The lowest BCUT2D eigenvalue weighted by Gasteiger charge is -2.25. The van der Waals surface area contributed by atoms with Crippen molar-refractivity contribution in [1.29, 1.82) is 0 Å². The third-order valence-corrected chi connectivity index (χ3v) is 7.72. The number of piperidine rings is 1. The van der Waals surface area contributed by atoms with Gasteiger partial charge in [-0.15, -0.1) is 0 Å². The van der Waals surface area contributed by atoms with Crippen LogP contribution in [0.25, 0.3) is 10.9 Å². The van der Waals surface area contributed by atoms with Crippen molar-refractivity contribution < 1.29 is 19.2 Å². The highest BCUT2D eigenvalue weighted by Gasteiger charge is 2.56. The highest BCUT2D eigenvalue weighted by Crippen LogP contribution is 2.51. The molecule has 44 heavy (non-hydrogen) atoms. The Morgan fingerprint density at radius 2 is 1.84 bits per heavy atom. The molecular formula is C33H32N6O5. The second kappa shape index (κ2) is 11.1. The molecule has 224 valence electrons. The van der Waals surface area contributed by atoms with E-state index >= 15 is 0 Å². The molecule has 1 saturated carbocycles. The molecule has 0 spiro atoms. The molecule has 11 heteroatoms. The Balaban J connectivity index is 1.19. The predicted molar refractivity (Wildman–Crippen MR) is 165 cm³/mol. The van der Waals surface area contributed by atoms with Crippen LogP contribution < -0.4 is 10.1 Å². The standard InChI is InChI=1S/C33H32N6O5/c1-19-12-22(8-11-30(19)43-23-9-6-20(2)34-15-23)37-31-25-14-29(39(41)42)21(13-28(25)35-18-36-31)7-10-24-26-16-38(17-27(24)26)32(40)44-33(3,4)5/h6,8-9,11-15,18,24,26-27H,16-17H2,1-5H3,(H,35,36,37)/t24?,26-,27+. The summed E-state index contributed by atoms with van der Waals surface area (Å²) in [6, 6.07) is 12.5. The van der Waals surface area contributed by atoms with E-state index in [1.54, 1.807) is 17.2 Å². The summed E-state index contributed by atoms with van der Waals surface area (Å²) in [5.74, 6) is 8.61. The maximum atomic E-state index is 12.4. The van der Waals surface area contributed by atoms with Crippen molar-refractivity contribution in [3.05, 3.63) is 81.9 Å². The van der Waals surface area contributed by atoms with Crippen molar-refractivity contribution in [2.75, 3.05) is 18.4 Å². The minimum absolute atomic E-state index is 0.0871. The van der Waals surface area contributed by atoms with Crippen LogP contribution in [0, 0.1) is 53.6 Å². The third kappa shape index (κ3) is 6.10. The van der Waals surface area contributed by atoms with E-state index in [9.17, 15) is 14.9 Å². The number of aromatic nitrogens is 3. The Kier molecular flexibility index (Phi) is 7.29. The van der Waals surface area contributed by atoms with Crippen LogP contribution in [-0.2, 0) is 4.74 Å². The van der Waals surface area contributed by atoms with Crippen molar-refractivity contribution in [3.8, 4) is 23.3 Å². The number of nitro groups is 1. The van der Waals surface area contributed by atoms with Gasteiger partial charge in [0.2, 0.25) is 0 Å². The monoisotopic (exact) mass is 592 g/mol. The molecule has 1 saturated heterocycles. The molecule has 6 rings (SSSR count). The van der Waals surface area contributed by atoms with E-state index in [-0.39, 0.29) is 29.5 Å². The number of anilines is 2. The lowest BCUT2D eigenvalue weighted by molar-refractivity contribution is -0.385. The van der Waals surface area contributed by atoms with Crippen LogP contribution in [0.15, 0.2) is 55.0 Å². The molecule has 2 aliphatic rings. The molecule has 1 N–H and O–H groups in total. The fourth-order valence-electron chi connectivity index (χ4n) is 5.44. The summed E-state index contributed by atoms with van der Waals surface area (Å²) in [7, 11) is 0. The van der Waals surface area contributed by atoms with E-state index in [4.69, 9.17) is 9.47 Å². The summed E-state index contributed by atoms with van der Waals surface area (Å²) >= 11 is 0. The molecule has 0 radical (unpaired) electrons. The summed E-state index contributed by atoms with van der Waals surface area (Å²) in [6.45, 7) is 10.5. The van der Waals surface area contributed by atoms with Crippen LogP contribution in [0.1, 0.15) is 37.6 Å². The molecule has 2 aromatic heterocycles. The van der Waals surface area contributed by atoms with Gasteiger partial charge < -0.3 is 19.7 Å². The number of nitrogens with zero attached hydrogens (tertiary/aromatic N) is 5. The van der Waals surface area contributed by atoms with Gasteiger partial charge in [0, 0.05) is 41.8 Å². The number of hydrogen-bond donors (Lipinski definition) is 1. The predicted octanol–water partition coefficient (Wildman–Crippen LogP) is 6.55. The Morgan fingerprint density at radius 3 is 2.50 bits per heavy atom. The highest BCUT2D eigenvalue weighted by molar-refractivity contribution is 5.93. The molecule has 2 aromatic carbocycles. The fraction of sp³-hybridized carbons (Fsp3) is 0.333. The quantitative estimate of drug-likeness (QED) is 0.156. The molecule has 1 unspecified atom stereocenters. The van der Waals surface area contributed by atoms with Crippen molar-refractivity contribution in [2.45, 2.75) is 40.2 Å². The lowest BCUT2D eigenvalue weighted by atomic mass is 10.1. The largest absolute Gasteiger partial charge is 0.455 e. The van der Waals surface area contributed by atoms with E-state index < -0.39 is 10.5 Å². The molecule has 1 aliphatic heterocycles. The number of ether oxygens (including phenoxy) is 2. The van der Waals surface area contributed by atoms with Gasteiger partial charge in [0.05, 0.1) is 16.6 Å². The Morgan fingerprint density at radius 1 is 1.07 bits per heavy atom. The Bertz CT molecular complexity index is 1830. The van der Waals surface area contributed by atoms with Gasteiger partial charge >= 0.3 is 6.09 Å². The van der Waals surface area contributed by atoms with Gasteiger partial charge in [-0.1, -0.05) is 11.8 Å². The SMILES string of the molecule is Cc1ccc(Oc2ccc(Nc3ncnc4cc(C#CC5[C@H]6CN(C(=O)OC(C)(C)C)C[C@@H]56)c([N+](=O)[O-])cc34)cc2C)cn1. The highest BCUT2D eigenvalue weighted by atomic mass is 16.6. The maximum absolute atomic E-state index is 12.4. The molecule has 3 atom stereocenters. The van der Waals surface area contributed by atoms with Gasteiger partial charge in [0.1, 0.15) is 34.8 Å². The number of nitrogens with one attached hydrogen (secondary N) is 1. The smallest absolute Gasteiger partial charge is 0.410 e. The van der Waals surface area contributed by atoms with Crippen LogP contribution in [0.4, 0.5) is 22.0 Å². The third-order valence-electron chi connectivity index (χ3n) is 7.72. The number of carbonyl (C=O) groups excluding carboxylic acids is 1. The van der Waals surface area contributed by atoms with Crippen LogP contribution in [-0.4, -0.2) is 49.6 Å². The lowest BCUT2D eigenvalue weighted by Crippen LogP contribution is -2.37. The number of pyridine rings is 1. The Labute approximate surface area is 254 Å². The molecule has 3 heterocycles. The summed E-state index contributed by atoms with van der Waals surface area (Å²) in [4.78, 5) is 38.7. The normalized spacial score (nSPS) is 18.7. The van der Waals surface area contributed by atoms with Gasteiger partial charge in [0.25, 0.3) is 5.69 Å². The molecule has 1 aliphatic carbocycles. The molecule has 1 amide bonds. The molecule has 4 aromatic rings. The number of amides is 1. The second-order valence-electron chi connectivity index (χ2n) is 12.2. The number of aryl methyl sites for hydroxylation is 2. The number of hydrogen-bond acceptors (Lipinski definition) is 9. The average Bonchev–Trinajstić information content (AvgIpc) is 3.40. The maximum Gasteiger partial charge on any atom is 0.410 e. The molecule has 11 nitrogen and oxygen atoms in total. The van der Waals surface area contributed by atoms with Gasteiger partial charge in [0.15, 0.2) is 0 Å². The van der Waals surface area contributed by atoms with E-state index in [0.717, 1.165) is 16.9 Å². The number of likely N-dealkylation sites (tertiary alicyclic amines) is 1. The summed E-state index contributed by atoms with van der Waals surface area (Å²) < 4.78 is 11.4. The summed E-state index contributed by atoms with van der Waals surface area (Å²) in [5.41, 5.74) is 2.70. The van der Waals surface area contributed by atoms with Crippen molar-refractivity contribution in [2.24, 2.45) is 17.8 Å². The minimum Gasteiger partial charge on any atom is -0.455 e. The number of rotatable bonds is 5. The van der Waals surface area contributed by atoms with Crippen molar-refractivity contribution in [1.82, 2.24) is 19.9 Å². The first kappa shape index (κ1) is 28.9. The van der Waals surface area contributed by atoms with E-state index in [0.29, 0.717) is 46.9 Å². The number of benzene rings is 2. The fourth-order valence-corrected chi connectivity index (χ4v) is 5.44. The number of fused-ring (bicyclic) bond motifs is 2. The first-order valence-electron chi connectivity index (χ1n) is 14.4.